The average molecular weight is 300 g/mol. The fourth-order valence-corrected chi connectivity index (χ4v) is 6.17. The van der Waals surface area contributed by atoms with Gasteiger partial charge in [0.1, 0.15) is 0 Å². The molecule has 0 aliphatic heterocycles. The Morgan fingerprint density at radius 1 is 1.19 bits per heavy atom. The summed E-state index contributed by atoms with van der Waals surface area (Å²) in [6.07, 6.45) is 6.13. The molecule has 1 amide bonds. The minimum atomic E-state index is -3.01. The van der Waals surface area contributed by atoms with E-state index in [0.717, 1.165) is 19.3 Å². The first kappa shape index (κ1) is 15.2. The van der Waals surface area contributed by atoms with Crippen LogP contribution in [0.4, 0.5) is 8.78 Å². The van der Waals surface area contributed by atoms with Gasteiger partial charge in [0, 0.05) is 0 Å². The molecule has 4 saturated carbocycles. The molecule has 0 aromatic heterocycles. The monoisotopic (exact) mass is 300 g/mol. The molecule has 4 aliphatic rings. The van der Waals surface area contributed by atoms with Gasteiger partial charge in [-0.2, -0.15) is 0 Å². The van der Waals surface area contributed by atoms with Crippen molar-refractivity contribution in [1.29, 1.82) is 0 Å². The lowest BCUT2D eigenvalue weighted by molar-refractivity contribution is -0.171. The smallest absolute Gasteiger partial charge is 0.277 e. The molecule has 0 aromatic carbocycles. The zero-order valence-corrected chi connectivity index (χ0v) is 13.0. The minimum Gasteiger partial charge on any atom is -0.350 e. The van der Waals surface area contributed by atoms with Gasteiger partial charge in [0.2, 0.25) is 5.91 Å². The Hall–Kier alpha value is -0.710. The third kappa shape index (κ3) is 2.58. The van der Waals surface area contributed by atoms with Gasteiger partial charge >= 0.3 is 0 Å². The number of halogens is 2. The van der Waals surface area contributed by atoms with Crippen molar-refractivity contribution in [1.82, 2.24) is 5.32 Å². The highest BCUT2D eigenvalue weighted by atomic mass is 19.3. The summed E-state index contributed by atoms with van der Waals surface area (Å²) in [6.45, 7) is 3.18. The maximum Gasteiger partial charge on any atom is 0.277 e. The second-order valence-corrected chi connectivity index (χ2v) is 8.65. The van der Waals surface area contributed by atoms with Gasteiger partial charge in [-0.3, -0.25) is 4.79 Å². The van der Waals surface area contributed by atoms with E-state index in [1.54, 1.807) is 0 Å². The summed E-state index contributed by atoms with van der Waals surface area (Å²) in [6, 6.07) is 0. The molecule has 4 rings (SSSR count). The predicted octanol–water partition coefficient (Wildman–Crippen LogP) is 2.69. The molecule has 0 saturated heterocycles. The van der Waals surface area contributed by atoms with Gasteiger partial charge < -0.3 is 11.1 Å². The molecule has 21 heavy (non-hydrogen) atoms. The van der Waals surface area contributed by atoms with E-state index in [1.165, 1.54) is 19.3 Å². The first-order chi connectivity index (χ1) is 9.60. The Bertz CT molecular complexity index is 447. The molecule has 2 atom stereocenters. The molecule has 3 N–H and O–H groups in total. The summed E-state index contributed by atoms with van der Waals surface area (Å²) in [7, 11) is 0. The summed E-state index contributed by atoms with van der Waals surface area (Å²) in [4.78, 5) is 12.7. The Kier molecular flexibility index (Phi) is 3.18. The third-order valence-corrected chi connectivity index (χ3v) is 5.91. The van der Waals surface area contributed by atoms with Crippen LogP contribution in [0.5, 0.6) is 0 Å². The maximum atomic E-state index is 13.3. The van der Waals surface area contributed by atoms with Crippen LogP contribution >= 0.6 is 0 Å². The number of carbonyl (C=O) groups excluding carboxylic acids is 1. The van der Waals surface area contributed by atoms with E-state index >= 15 is 0 Å². The zero-order valence-electron chi connectivity index (χ0n) is 13.0. The van der Waals surface area contributed by atoms with Crippen LogP contribution in [0.15, 0.2) is 0 Å². The second-order valence-electron chi connectivity index (χ2n) is 8.65. The Balaban J connectivity index is 1.77. The van der Waals surface area contributed by atoms with E-state index in [0.29, 0.717) is 5.92 Å². The van der Waals surface area contributed by atoms with E-state index in [9.17, 15) is 13.6 Å². The van der Waals surface area contributed by atoms with Crippen molar-refractivity contribution >= 4 is 5.91 Å². The topological polar surface area (TPSA) is 55.1 Å². The van der Waals surface area contributed by atoms with Crippen molar-refractivity contribution in [2.75, 3.05) is 13.1 Å². The summed E-state index contributed by atoms with van der Waals surface area (Å²) in [5.74, 6) is -2.60. The van der Waals surface area contributed by atoms with Crippen LogP contribution in [0.25, 0.3) is 0 Å². The summed E-state index contributed by atoms with van der Waals surface area (Å²) < 4.78 is 26.6. The maximum absolute atomic E-state index is 13.3. The van der Waals surface area contributed by atoms with Crippen LogP contribution in [-0.2, 0) is 4.79 Å². The van der Waals surface area contributed by atoms with Crippen LogP contribution in [0, 0.1) is 22.2 Å². The standard InChI is InChI=1S/C16H26F2N2O/c1-13-3-11-4-14(2,6-13)8-15(5-11,7-13)12(21)20-10-16(17,18)9-19/h11H,3-10,19H2,1-2H3,(H,20,21). The first-order valence-corrected chi connectivity index (χ1v) is 7.96. The van der Waals surface area contributed by atoms with Crippen molar-refractivity contribution in [3.05, 3.63) is 0 Å². The molecule has 4 bridgehead atoms. The van der Waals surface area contributed by atoms with Gasteiger partial charge in [-0.15, -0.1) is 0 Å². The van der Waals surface area contributed by atoms with Gasteiger partial charge in [0.15, 0.2) is 0 Å². The highest BCUT2D eigenvalue weighted by Gasteiger charge is 2.62. The van der Waals surface area contributed by atoms with Crippen LogP contribution in [0.1, 0.15) is 52.4 Å². The lowest BCUT2D eigenvalue weighted by Gasteiger charge is -2.64. The largest absolute Gasteiger partial charge is 0.350 e. The lowest BCUT2D eigenvalue weighted by Crippen LogP contribution is -2.60. The van der Waals surface area contributed by atoms with E-state index in [-0.39, 0.29) is 16.7 Å². The van der Waals surface area contributed by atoms with Crippen LogP contribution in [-0.4, -0.2) is 24.9 Å². The zero-order chi connectivity index (χ0) is 15.5. The van der Waals surface area contributed by atoms with Crippen LogP contribution in [0.3, 0.4) is 0 Å². The van der Waals surface area contributed by atoms with Crippen molar-refractivity contribution in [3.63, 3.8) is 0 Å². The first-order valence-electron chi connectivity index (χ1n) is 7.96. The molecule has 0 spiro atoms. The fraction of sp³-hybridized carbons (Fsp3) is 0.938. The number of alkyl halides is 2. The fourth-order valence-electron chi connectivity index (χ4n) is 6.17. The van der Waals surface area contributed by atoms with Crippen molar-refractivity contribution in [3.8, 4) is 0 Å². The molecule has 0 aromatic rings. The number of hydrogen-bond donors (Lipinski definition) is 2. The number of nitrogens with two attached hydrogens (primary N) is 1. The predicted molar refractivity (Wildman–Crippen MR) is 76.9 cm³/mol. The van der Waals surface area contributed by atoms with Crippen molar-refractivity contribution < 1.29 is 13.6 Å². The SMILES string of the molecule is CC12CC3CC(C)(C1)CC(C(=O)NCC(F)(F)CN)(C3)C2. The summed E-state index contributed by atoms with van der Waals surface area (Å²) in [5.41, 5.74) is 5.04. The van der Waals surface area contributed by atoms with Crippen LogP contribution in [0.2, 0.25) is 0 Å². The summed E-state index contributed by atoms with van der Waals surface area (Å²) in [5, 5.41) is 2.50. The Morgan fingerprint density at radius 2 is 1.76 bits per heavy atom. The Morgan fingerprint density at radius 3 is 2.24 bits per heavy atom. The molecule has 3 nitrogen and oxygen atoms in total. The summed E-state index contributed by atoms with van der Waals surface area (Å²) >= 11 is 0. The second kappa shape index (κ2) is 4.40. The number of nitrogens with one attached hydrogen (secondary N) is 1. The molecule has 120 valence electrons. The molecule has 0 radical (unpaired) electrons. The van der Waals surface area contributed by atoms with Gasteiger partial charge in [-0.1, -0.05) is 13.8 Å². The number of carbonyl (C=O) groups is 1. The quantitative estimate of drug-likeness (QED) is 0.838. The van der Waals surface area contributed by atoms with E-state index in [4.69, 9.17) is 5.73 Å². The number of rotatable bonds is 4. The number of hydrogen-bond acceptors (Lipinski definition) is 2. The normalized spacial score (nSPS) is 44.9. The molecule has 4 fully saturated rings. The molecular formula is C16H26F2N2O. The van der Waals surface area contributed by atoms with E-state index in [2.05, 4.69) is 19.2 Å². The third-order valence-electron chi connectivity index (χ3n) is 5.91. The molecule has 5 heteroatoms. The highest BCUT2D eigenvalue weighted by Crippen LogP contribution is 2.69. The average Bonchev–Trinajstić information content (AvgIpc) is 2.31. The molecular weight excluding hydrogens is 274 g/mol. The van der Waals surface area contributed by atoms with Gasteiger partial charge in [0.25, 0.3) is 5.92 Å². The van der Waals surface area contributed by atoms with Gasteiger partial charge in [-0.25, -0.2) is 8.78 Å². The van der Waals surface area contributed by atoms with E-state index < -0.39 is 24.4 Å². The number of amides is 1. The molecule has 4 aliphatic carbocycles. The van der Waals surface area contributed by atoms with Gasteiger partial charge in [-0.05, 0) is 55.3 Å². The van der Waals surface area contributed by atoms with Gasteiger partial charge in [0.05, 0.1) is 18.5 Å². The van der Waals surface area contributed by atoms with Crippen molar-refractivity contribution in [2.24, 2.45) is 27.9 Å². The minimum absolute atomic E-state index is 0.169. The van der Waals surface area contributed by atoms with Crippen LogP contribution < -0.4 is 11.1 Å². The lowest BCUT2D eigenvalue weighted by atomic mass is 9.40. The molecule has 0 heterocycles. The highest BCUT2D eigenvalue weighted by molar-refractivity contribution is 5.83. The Labute approximate surface area is 125 Å². The van der Waals surface area contributed by atoms with Crippen molar-refractivity contribution in [2.45, 2.75) is 58.3 Å². The molecule has 2 unspecified atom stereocenters. The van der Waals surface area contributed by atoms with E-state index in [1.807, 2.05) is 0 Å².